The van der Waals surface area contributed by atoms with Gasteiger partial charge >= 0.3 is 47.9 Å². The number of benzene rings is 1. The Labute approximate surface area is 114 Å². The van der Waals surface area contributed by atoms with Crippen molar-refractivity contribution in [3.63, 3.8) is 0 Å². The molecule has 88 valence electrons. The topological polar surface area (TPSA) is 109 Å². The second kappa shape index (κ2) is 7.33. The standard InChI is InChI=1S/C6H5F.Na.H2O6S2.H/c7-6-4-2-1-3-5-6;;1-7(2,3)8(4,5)6;/h1-5H;;(H,1,2,3)(H,4,5,6);. The van der Waals surface area contributed by atoms with Gasteiger partial charge in [-0.2, -0.15) is 16.8 Å². The average molecular weight is 282 g/mol. The van der Waals surface area contributed by atoms with E-state index in [9.17, 15) is 21.2 Å². The number of hydrogen-bond acceptors (Lipinski definition) is 4. The molecule has 0 fully saturated rings. The molecule has 1 aromatic carbocycles. The molecular formula is C6H8FNaO6S2. The average Bonchev–Trinajstić information content (AvgIpc) is 2.02. The molecule has 0 aliphatic rings. The van der Waals surface area contributed by atoms with Gasteiger partial charge in [-0.1, -0.05) is 18.2 Å². The summed E-state index contributed by atoms with van der Waals surface area (Å²) in [6, 6.07) is 7.94. The molecule has 0 amide bonds. The fourth-order valence-electron chi connectivity index (χ4n) is 0.415. The van der Waals surface area contributed by atoms with Crippen molar-refractivity contribution in [2.24, 2.45) is 0 Å². The predicted molar refractivity (Wildman–Crippen MR) is 56.6 cm³/mol. The number of halogens is 1. The van der Waals surface area contributed by atoms with E-state index in [0.717, 1.165) is 0 Å². The van der Waals surface area contributed by atoms with Gasteiger partial charge in [0.15, 0.2) is 0 Å². The normalized spacial score (nSPS) is 10.7. The Kier molecular flexibility index (Phi) is 8.40. The van der Waals surface area contributed by atoms with E-state index >= 15 is 0 Å². The van der Waals surface area contributed by atoms with E-state index < -0.39 is 18.3 Å². The molecule has 10 heteroatoms. The Bertz CT molecular complexity index is 467. The van der Waals surface area contributed by atoms with Crippen LogP contribution in [0.4, 0.5) is 4.39 Å². The first-order valence-corrected chi connectivity index (χ1v) is 6.70. The molecule has 0 saturated heterocycles. The zero-order chi connectivity index (χ0) is 12.1. The molecule has 0 bridgehead atoms. The van der Waals surface area contributed by atoms with Gasteiger partial charge in [-0.15, -0.1) is 0 Å². The molecule has 16 heavy (non-hydrogen) atoms. The molecule has 0 saturated carbocycles. The molecule has 1 rings (SSSR count). The Morgan fingerprint density at radius 3 is 1.31 bits per heavy atom. The Balaban J connectivity index is 0. The van der Waals surface area contributed by atoms with Gasteiger partial charge in [0.1, 0.15) is 5.82 Å². The maximum atomic E-state index is 11.9. The van der Waals surface area contributed by atoms with Crippen molar-refractivity contribution in [3.8, 4) is 0 Å². The summed E-state index contributed by atoms with van der Waals surface area (Å²) >= 11 is 0. The van der Waals surface area contributed by atoms with E-state index in [1.807, 2.05) is 0 Å². The summed E-state index contributed by atoms with van der Waals surface area (Å²) in [6.07, 6.45) is 0. The van der Waals surface area contributed by atoms with Crippen LogP contribution in [0.3, 0.4) is 0 Å². The van der Waals surface area contributed by atoms with E-state index in [1.54, 1.807) is 18.2 Å². The van der Waals surface area contributed by atoms with E-state index in [1.165, 1.54) is 12.1 Å². The summed E-state index contributed by atoms with van der Waals surface area (Å²) in [4.78, 5) is 0. The van der Waals surface area contributed by atoms with Crippen molar-refractivity contribution in [2.45, 2.75) is 0 Å². The van der Waals surface area contributed by atoms with Gasteiger partial charge in [-0.25, -0.2) is 4.39 Å². The molecule has 6 nitrogen and oxygen atoms in total. The van der Waals surface area contributed by atoms with Crippen molar-refractivity contribution >= 4 is 47.9 Å². The van der Waals surface area contributed by atoms with Gasteiger partial charge in [-0.3, -0.25) is 9.11 Å². The third-order valence-electron chi connectivity index (χ3n) is 0.999. The Hall–Kier alpha value is -0.0300. The fraction of sp³-hybridized carbons (Fsp3) is 0. The second-order valence-corrected chi connectivity index (χ2v) is 6.39. The first-order chi connectivity index (χ1) is 6.64. The summed E-state index contributed by atoms with van der Waals surface area (Å²) in [5, 5.41) is 0. The molecular weight excluding hydrogens is 274 g/mol. The van der Waals surface area contributed by atoms with Crippen LogP contribution in [0.15, 0.2) is 30.3 Å². The van der Waals surface area contributed by atoms with Gasteiger partial charge in [0.2, 0.25) is 0 Å². The summed E-state index contributed by atoms with van der Waals surface area (Å²) in [7, 11) is -10.6. The van der Waals surface area contributed by atoms with Gasteiger partial charge in [0, 0.05) is 0 Å². The van der Waals surface area contributed by atoms with Crippen molar-refractivity contribution in [2.75, 3.05) is 0 Å². The third-order valence-corrected chi connectivity index (χ3v) is 3.13. The van der Waals surface area contributed by atoms with Crippen LogP contribution in [0.2, 0.25) is 0 Å². The molecule has 0 unspecified atom stereocenters. The Morgan fingerprint density at radius 1 is 0.875 bits per heavy atom. The monoisotopic (exact) mass is 282 g/mol. The molecule has 0 aliphatic carbocycles. The van der Waals surface area contributed by atoms with Crippen LogP contribution in [-0.2, 0) is 18.3 Å². The van der Waals surface area contributed by atoms with Gasteiger partial charge in [0.05, 0.1) is 0 Å². The molecule has 0 atom stereocenters. The minimum atomic E-state index is -5.31. The fourth-order valence-corrected chi connectivity index (χ4v) is 0.415. The molecule has 0 heterocycles. The first-order valence-electron chi connectivity index (χ1n) is 3.30. The number of rotatable bonds is 1. The summed E-state index contributed by atoms with van der Waals surface area (Å²) in [5.74, 6) is -0.178. The predicted octanol–water partition coefficient (Wildman–Crippen LogP) is -0.146. The molecule has 1 aromatic rings. The first kappa shape index (κ1) is 18.3. The van der Waals surface area contributed by atoms with Crippen molar-refractivity contribution < 1.29 is 30.3 Å². The van der Waals surface area contributed by atoms with Crippen LogP contribution >= 0.6 is 0 Å². The summed E-state index contributed by atoms with van der Waals surface area (Å²) in [6.45, 7) is 0. The van der Waals surface area contributed by atoms with E-state index in [4.69, 9.17) is 9.11 Å². The second-order valence-electron chi connectivity index (χ2n) is 2.15. The molecule has 0 radical (unpaired) electrons. The van der Waals surface area contributed by atoms with Gasteiger partial charge < -0.3 is 0 Å². The van der Waals surface area contributed by atoms with E-state index in [0.29, 0.717) is 0 Å². The zero-order valence-electron chi connectivity index (χ0n) is 7.11. The van der Waals surface area contributed by atoms with Crippen LogP contribution in [0.25, 0.3) is 0 Å². The van der Waals surface area contributed by atoms with Crippen LogP contribution in [0, 0.1) is 5.82 Å². The van der Waals surface area contributed by atoms with Gasteiger partial charge in [0.25, 0.3) is 0 Å². The summed E-state index contributed by atoms with van der Waals surface area (Å²) in [5.41, 5.74) is 0. The van der Waals surface area contributed by atoms with Crippen LogP contribution in [-0.4, -0.2) is 55.5 Å². The van der Waals surface area contributed by atoms with Crippen LogP contribution in [0.1, 0.15) is 0 Å². The third kappa shape index (κ3) is 8.16. The molecule has 0 aromatic heterocycles. The molecule has 0 spiro atoms. The summed E-state index contributed by atoms with van der Waals surface area (Å²) < 4.78 is 64.4. The zero-order valence-corrected chi connectivity index (χ0v) is 8.74. The quantitative estimate of drug-likeness (QED) is 0.421. The Morgan fingerprint density at radius 2 is 1.19 bits per heavy atom. The molecule has 2 N–H and O–H groups in total. The van der Waals surface area contributed by atoms with Crippen LogP contribution in [0.5, 0.6) is 0 Å². The van der Waals surface area contributed by atoms with Crippen LogP contribution < -0.4 is 0 Å². The van der Waals surface area contributed by atoms with Crippen molar-refractivity contribution in [3.05, 3.63) is 36.1 Å². The van der Waals surface area contributed by atoms with Gasteiger partial charge in [-0.05, 0) is 12.1 Å². The van der Waals surface area contributed by atoms with E-state index in [2.05, 4.69) is 0 Å². The maximum absolute atomic E-state index is 11.9. The van der Waals surface area contributed by atoms with Crippen molar-refractivity contribution in [1.29, 1.82) is 0 Å². The molecule has 0 aliphatic heterocycles. The minimum absolute atomic E-state index is 0. The SMILES string of the molecule is Fc1ccccc1.O=S(=O)(O)S(=O)(=O)O.[NaH]. The number of hydrogen-bond donors (Lipinski definition) is 2. The van der Waals surface area contributed by atoms with E-state index in [-0.39, 0.29) is 35.4 Å². The van der Waals surface area contributed by atoms with Crippen molar-refractivity contribution in [1.82, 2.24) is 0 Å².